The summed E-state index contributed by atoms with van der Waals surface area (Å²) in [4.78, 5) is 25.8. The van der Waals surface area contributed by atoms with E-state index in [9.17, 15) is 9.59 Å². The van der Waals surface area contributed by atoms with Crippen LogP contribution in [0.25, 0.3) is 0 Å². The van der Waals surface area contributed by atoms with E-state index in [-0.39, 0.29) is 11.8 Å². The second kappa shape index (κ2) is 8.93. The molecule has 1 aliphatic carbocycles. The molecule has 0 bridgehead atoms. The van der Waals surface area contributed by atoms with E-state index in [0.717, 1.165) is 18.4 Å². The fourth-order valence-electron chi connectivity index (χ4n) is 3.66. The van der Waals surface area contributed by atoms with E-state index in [4.69, 9.17) is 21.1 Å². The Labute approximate surface area is 191 Å². The van der Waals surface area contributed by atoms with Gasteiger partial charge in [0.05, 0.1) is 31.0 Å². The average molecular weight is 451 g/mol. The summed E-state index contributed by atoms with van der Waals surface area (Å²) in [5, 5.41) is 6.44. The van der Waals surface area contributed by atoms with Crippen molar-refractivity contribution in [1.29, 1.82) is 0 Å². The molecular weight excluding hydrogens is 428 g/mol. The Bertz CT molecular complexity index is 1140. The molecule has 3 aromatic carbocycles. The Morgan fingerprint density at radius 1 is 0.844 bits per heavy atom. The van der Waals surface area contributed by atoms with Crippen molar-refractivity contribution < 1.29 is 19.1 Å². The third-order valence-electron chi connectivity index (χ3n) is 5.64. The minimum absolute atomic E-state index is 0.124. The highest BCUT2D eigenvalue weighted by Crippen LogP contribution is 2.50. The molecule has 7 heteroatoms. The summed E-state index contributed by atoms with van der Waals surface area (Å²) < 4.78 is 11.0. The highest BCUT2D eigenvalue weighted by molar-refractivity contribution is 6.30. The van der Waals surface area contributed by atoms with Crippen molar-refractivity contribution in [2.75, 3.05) is 24.9 Å². The van der Waals surface area contributed by atoms with Gasteiger partial charge in [-0.2, -0.15) is 0 Å². The third-order valence-corrected chi connectivity index (χ3v) is 5.89. The molecule has 6 nitrogen and oxygen atoms in total. The van der Waals surface area contributed by atoms with Crippen LogP contribution >= 0.6 is 11.6 Å². The Balaban J connectivity index is 1.58. The minimum Gasteiger partial charge on any atom is -0.494 e. The fourth-order valence-corrected chi connectivity index (χ4v) is 3.79. The van der Waals surface area contributed by atoms with Gasteiger partial charge in [0.25, 0.3) is 5.91 Å². The normalized spacial score (nSPS) is 13.7. The summed E-state index contributed by atoms with van der Waals surface area (Å²) in [6, 6.07) is 19.5. The first-order valence-corrected chi connectivity index (χ1v) is 10.5. The molecule has 0 aliphatic heterocycles. The topological polar surface area (TPSA) is 76.7 Å². The maximum atomic E-state index is 13.2. The second-order valence-corrected chi connectivity index (χ2v) is 8.05. The van der Waals surface area contributed by atoms with E-state index in [2.05, 4.69) is 10.6 Å². The molecule has 32 heavy (non-hydrogen) atoms. The molecule has 0 aromatic heterocycles. The van der Waals surface area contributed by atoms with Gasteiger partial charge in [0, 0.05) is 22.7 Å². The number of rotatable bonds is 7. The van der Waals surface area contributed by atoms with Crippen LogP contribution in [-0.2, 0) is 10.2 Å². The molecule has 2 N–H and O–H groups in total. The van der Waals surface area contributed by atoms with Crippen LogP contribution in [0.2, 0.25) is 5.02 Å². The number of anilines is 2. The van der Waals surface area contributed by atoms with Crippen LogP contribution in [0, 0.1) is 0 Å². The number of hydrogen-bond acceptors (Lipinski definition) is 4. The van der Waals surface area contributed by atoms with Crippen LogP contribution in [-0.4, -0.2) is 26.0 Å². The highest BCUT2D eigenvalue weighted by Gasteiger charge is 2.51. The number of amides is 2. The molecule has 1 saturated carbocycles. The maximum absolute atomic E-state index is 13.2. The van der Waals surface area contributed by atoms with Crippen molar-refractivity contribution in [3.05, 3.63) is 82.9 Å². The number of nitrogens with one attached hydrogen (secondary N) is 2. The molecule has 1 fully saturated rings. The molecule has 0 saturated heterocycles. The van der Waals surface area contributed by atoms with Gasteiger partial charge in [-0.05, 0) is 42.7 Å². The largest absolute Gasteiger partial charge is 0.494 e. The van der Waals surface area contributed by atoms with E-state index in [0.29, 0.717) is 33.5 Å². The smallest absolute Gasteiger partial charge is 0.255 e. The van der Waals surface area contributed by atoms with E-state index < -0.39 is 5.41 Å². The van der Waals surface area contributed by atoms with E-state index >= 15 is 0 Å². The summed E-state index contributed by atoms with van der Waals surface area (Å²) in [5.41, 5.74) is 1.77. The van der Waals surface area contributed by atoms with Gasteiger partial charge >= 0.3 is 0 Å². The molecule has 4 rings (SSSR count). The van der Waals surface area contributed by atoms with Crippen LogP contribution in [0.1, 0.15) is 28.8 Å². The number of ether oxygens (including phenoxy) is 2. The lowest BCUT2D eigenvalue weighted by atomic mass is 9.95. The summed E-state index contributed by atoms with van der Waals surface area (Å²) >= 11 is 5.99. The van der Waals surface area contributed by atoms with E-state index in [1.807, 2.05) is 18.2 Å². The van der Waals surface area contributed by atoms with Gasteiger partial charge in [0.1, 0.15) is 11.5 Å². The van der Waals surface area contributed by atoms with Gasteiger partial charge in [0.15, 0.2) is 0 Å². The van der Waals surface area contributed by atoms with Crippen LogP contribution in [0.5, 0.6) is 11.5 Å². The van der Waals surface area contributed by atoms with Crippen LogP contribution in [0.4, 0.5) is 11.4 Å². The van der Waals surface area contributed by atoms with Crippen molar-refractivity contribution in [2.24, 2.45) is 0 Å². The van der Waals surface area contributed by atoms with E-state index in [1.165, 1.54) is 14.2 Å². The molecule has 0 atom stereocenters. The van der Waals surface area contributed by atoms with Crippen molar-refractivity contribution >= 4 is 34.8 Å². The predicted octanol–water partition coefficient (Wildman–Crippen LogP) is 5.28. The summed E-state index contributed by atoms with van der Waals surface area (Å²) in [6.45, 7) is 0. The Morgan fingerprint density at radius 2 is 1.41 bits per heavy atom. The second-order valence-electron chi connectivity index (χ2n) is 7.62. The van der Waals surface area contributed by atoms with Crippen LogP contribution in [0.3, 0.4) is 0 Å². The monoisotopic (exact) mass is 450 g/mol. The number of hydrogen-bond donors (Lipinski definition) is 2. The first kappa shape index (κ1) is 21.7. The average Bonchev–Trinajstić information content (AvgIpc) is 3.63. The molecule has 164 valence electrons. The number of benzene rings is 3. The van der Waals surface area contributed by atoms with Gasteiger partial charge in [-0.25, -0.2) is 0 Å². The molecule has 0 spiro atoms. The van der Waals surface area contributed by atoms with Gasteiger partial charge < -0.3 is 20.1 Å². The lowest BCUT2D eigenvalue weighted by Crippen LogP contribution is -2.28. The maximum Gasteiger partial charge on any atom is 0.255 e. The van der Waals surface area contributed by atoms with Crippen LogP contribution < -0.4 is 20.1 Å². The van der Waals surface area contributed by atoms with Crippen molar-refractivity contribution in [1.82, 2.24) is 0 Å². The molecular formula is C25H23ClN2O4. The summed E-state index contributed by atoms with van der Waals surface area (Å²) in [7, 11) is 3.01. The number of carbonyl (C=O) groups excluding carboxylic acids is 2. The summed E-state index contributed by atoms with van der Waals surface area (Å²) in [5.74, 6) is 0.416. The number of halogens is 1. The third kappa shape index (κ3) is 4.27. The zero-order valence-corrected chi connectivity index (χ0v) is 18.5. The van der Waals surface area contributed by atoms with Crippen molar-refractivity contribution in [3.63, 3.8) is 0 Å². The lowest BCUT2D eigenvalue weighted by molar-refractivity contribution is -0.118. The quantitative estimate of drug-likeness (QED) is 0.513. The molecule has 0 heterocycles. The SMILES string of the molecule is COc1cc(NC(=O)C2(c3ccc(Cl)cc3)CC2)c(OC)cc1NC(=O)c1ccccc1. The van der Waals surface area contributed by atoms with Gasteiger partial charge in [-0.1, -0.05) is 41.9 Å². The van der Waals surface area contributed by atoms with Gasteiger partial charge in [-0.3, -0.25) is 9.59 Å². The molecule has 3 aromatic rings. The zero-order valence-electron chi connectivity index (χ0n) is 17.8. The number of methoxy groups -OCH3 is 2. The standard InChI is InChI=1S/C25H23ClN2O4/c1-31-21-15-20(28-24(30)25(12-13-25)17-8-10-18(26)11-9-17)22(32-2)14-19(21)27-23(29)16-6-4-3-5-7-16/h3-11,14-15H,12-13H2,1-2H3,(H,27,29)(H,28,30). The Morgan fingerprint density at radius 3 is 1.94 bits per heavy atom. The highest BCUT2D eigenvalue weighted by atomic mass is 35.5. The van der Waals surface area contributed by atoms with Gasteiger partial charge in [-0.15, -0.1) is 0 Å². The molecule has 1 aliphatic rings. The predicted molar refractivity (Wildman–Crippen MR) is 125 cm³/mol. The Hall–Kier alpha value is -3.51. The minimum atomic E-state index is -0.580. The summed E-state index contributed by atoms with van der Waals surface area (Å²) in [6.07, 6.45) is 1.51. The first-order chi connectivity index (χ1) is 15.5. The first-order valence-electron chi connectivity index (χ1n) is 10.2. The fraction of sp³-hybridized carbons (Fsp3) is 0.200. The van der Waals surface area contributed by atoms with Crippen LogP contribution in [0.15, 0.2) is 66.7 Å². The Kier molecular flexibility index (Phi) is 6.06. The molecule has 0 radical (unpaired) electrons. The van der Waals surface area contributed by atoms with E-state index in [1.54, 1.807) is 48.5 Å². The molecule has 2 amide bonds. The zero-order chi connectivity index (χ0) is 22.7. The van der Waals surface area contributed by atoms with Crippen molar-refractivity contribution in [3.8, 4) is 11.5 Å². The van der Waals surface area contributed by atoms with Gasteiger partial charge in [0.2, 0.25) is 5.91 Å². The molecule has 0 unspecified atom stereocenters. The number of carbonyl (C=O) groups is 2. The van der Waals surface area contributed by atoms with Crippen molar-refractivity contribution in [2.45, 2.75) is 18.3 Å². The lowest BCUT2D eigenvalue weighted by Gasteiger charge is -2.19.